The molecule has 1 unspecified atom stereocenters. The van der Waals surface area contributed by atoms with Gasteiger partial charge < -0.3 is 5.32 Å². The Kier molecular flexibility index (Phi) is 7.48. The predicted octanol–water partition coefficient (Wildman–Crippen LogP) is 3.85. The van der Waals surface area contributed by atoms with Crippen LogP contribution in [0.3, 0.4) is 0 Å². The molecule has 0 saturated carbocycles. The van der Waals surface area contributed by atoms with Gasteiger partial charge in [0.15, 0.2) is 0 Å². The summed E-state index contributed by atoms with van der Waals surface area (Å²) in [6.07, 6.45) is 2.57. The van der Waals surface area contributed by atoms with Crippen LogP contribution in [0.15, 0.2) is 18.2 Å². The molecule has 1 heterocycles. The van der Waals surface area contributed by atoms with E-state index in [0.717, 1.165) is 47.7 Å². The van der Waals surface area contributed by atoms with Crippen molar-refractivity contribution >= 4 is 35.6 Å². The van der Waals surface area contributed by atoms with Crippen LogP contribution < -0.4 is 5.32 Å². The third-order valence-electron chi connectivity index (χ3n) is 3.54. The van der Waals surface area contributed by atoms with Gasteiger partial charge in [-0.2, -0.15) is 0 Å². The standard InChI is InChI=1S/C14H20Cl2N2.ClH/c1-17-8-11-4-3-7-18(9-11)10-12-13(15)5-2-6-14(12)16;/h2,5-6,11,17H,3-4,7-10H2,1H3;1H. The average Bonchev–Trinajstić information content (AvgIpc) is 2.35. The Morgan fingerprint density at radius 1 is 1.32 bits per heavy atom. The number of hydrogen-bond donors (Lipinski definition) is 1. The molecule has 19 heavy (non-hydrogen) atoms. The van der Waals surface area contributed by atoms with Crippen molar-refractivity contribution in [3.8, 4) is 0 Å². The molecule has 1 aliphatic rings. The molecule has 0 radical (unpaired) electrons. The van der Waals surface area contributed by atoms with E-state index in [0.29, 0.717) is 0 Å². The molecule has 1 aliphatic heterocycles. The number of rotatable bonds is 4. The van der Waals surface area contributed by atoms with Crippen LogP contribution in [0.25, 0.3) is 0 Å². The average molecular weight is 324 g/mol. The number of likely N-dealkylation sites (tertiary alicyclic amines) is 1. The van der Waals surface area contributed by atoms with Crippen molar-refractivity contribution in [1.82, 2.24) is 10.2 Å². The second kappa shape index (κ2) is 8.33. The Bertz CT molecular complexity index is 376. The van der Waals surface area contributed by atoms with Crippen LogP contribution in [0.5, 0.6) is 0 Å². The molecule has 2 rings (SSSR count). The lowest BCUT2D eigenvalue weighted by Gasteiger charge is -2.33. The molecule has 0 aromatic heterocycles. The molecule has 1 atom stereocenters. The van der Waals surface area contributed by atoms with E-state index in [1.165, 1.54) is 12.8 Å². The number of nitrogens with zero attached hydrogens (tertiary/aromatic N) is 1. The first-order valence-corrected chi connectivity index (χ1v) is 7.26. The van der Waals surface area contributed by atoms with Crippen LogP contribution in [-0.2, 0) is 6.54 Å². The lowest BCUT2D eigenvalue weighted by atomic mass is 9.97. The minimum absolute atomic E-state index is 0. The summed E-state index contributed by atoms with van der Waals surface area (Å²) in [7, 11) is 2.02. The summed E-state index contributed by atoms with van der Waals surface area (Å²) >= 11 is 12.4. The summed E-state index contributed by atoms with van der Waals surface area (Å²) < 4.78 is 0. The molecular formula is C14H21Cl3N2. The van der Waals surface area contributed by atoms with Crippen molar-refractivity contribution in [1.29, 1.82) is 0 Å². The molecule has 1 aromatic rings. The summed E-state index contributed by atoms with van der Waals surface area (Å²) in [4.78, 5) is 2.46. The minimum Gasteiger partial charge on any atom is -0.319 e. The zero-order valence-electron chi connectivity index (χ0n) is 11.2. The van der Waals surface area contributed by atoms with Gasteiger partial charge in [0.1, 0.15) is 0 Å². The fourth-order valence-electron chi connectivity index (χ4n) is 2.66. The summed E-state index contributed by atoms with van der Waals surface area (Å²) in [6.45, 7) is 4.22. The van der Waals surface area contributed by atoms with Crippen LogP contribution in [0.4, 0.5) is 0 Å². The minimum atomic E-state index is 0. The van der Waals surface area contributed by atoms with Crippen molar-refractivity contribution in [2.24, 2.45) is 5.92 Å². The highest BCUT2D eigenvalue weighted by Gasteiger charge is 2.20. The number of hydrogen-bond acceptors (Lipinski definition) is 2. The van der Waals surface area contributed by atoms with Crippen molar-refractivity contribution in [2.45, 2.75) is 19.4 Å². The molecule has 0 aliphatic carbocycles. The van der Waals surface area contributed by atoms with Crippen molar-refractivity contribution in [2.75, 3.05) is 26.7 Å². The van der Waals surface area contributed by atoms with Gasteiger partial charge in [-0.05, 0) is 51.0 Å². The molecule has 0 amide bonds. The van der Waals surface area contributed by atoms with E-state index in [-0.39, 0.29) is 12.4 Å². The monoisotopic (exact) mass is 322 g/mol. The van der Waals surface area contributed by atoms with Crippen LogP contribution in [0.1, 0.15) is 18.4 Å². The molecule has 0 spiro atoms. The number of nitrogens with one attached hydrogen (secondary N) is 1. The molecule has 0 bridgehead atoms. The third kappa shape index (κ3) is 4.80. The topological polar surface area (TPSA) is 15.3 Å². The number of piperidine rings is 1. The van der Waals surface area contributed by atoms with Crippen LogP contribution in [-0.4, -0.2) is 31.6 Å². The lowest BCUT2D eigenvalue weighted by Crippen LogP contribution is -2.38. The van der Waals surface area contributed by atoms with E-state index in [4.69, 9.17) is 23.2 Å². The maximum absolute atomic E-state index is 6.22. The second-order valence-electron chi connectivity index (χ2n) is 5.00. The first kappa shape index (κ1) is 17.1. The Balaban J connectivity index is 0.00000180. The van der Waals surface area contributed by atoms with Crippen LogP contribution >= 0.6 is 35.6 Å². The highest BCUT2D eigenvalue weighted by atomic mass is 35.5. The van der Waals surface area contributed by atoms with Crippen molar-refractivity contribution < 1.29 is 0 Å². The smallest absolute Gasteiger partial charge is 0.0465 e. The van der Waals surface area contributed by atoms with E-state index in [1.807, 2.05) is 25.2 Å². The van der Waals surface area contributed by atoms with Gasteiger partial charge in [0.25, 0.3) is 0 Å². The van der Waals surface area contributed by atoms with Gasteiger partial charge in [-0.15, -0.1) is 12.4 Å². The quantitative estimate of drug-likeness (QED) is 0.905. The number of benzene rings is 1. The molecule has 1 aromatic carbocycles. The van der Waals surface area contributed by atoms with E-state index in [9.17, 15) is 0 Å². The predicted molar refractivity (Wildman–Crippen MR) is 85.6 cm³/mol. The van der Waals surface area contributed by atoms with Gasteiger partial charge in [0.05, 0.1) is 0 Å². The van der Waals surface area contributed by atoms with E-state index >= 15 is 0 Å². The lowest BCUT2D eigenvalue weighted by molar-refractivity contribution is 0.167. The van der Waals surface area contributed by atoms with Crippen molar-refractivity contribution in [3.05, 3.63) is 33.8 Å². The zero-order chi connectivity index (χ0) is 13.0. The SMILES string of the molecule is CNCC1CCCN(Cc2c(Cl)cccc2Cl)C1.Cl. The van der Waals surface area contributed by atoms with E-state index < -0.39 is 0 Å². The van der Waals surface area contributed by atoms with Crippen molar-refractivity contribution in [3.63, 3.8) is 0 Å². The van der Waals surface area contributed by atoms with Gasteiger partial charge in [-0.1, -0.05) is 29.3 Å². The van der Waals surface area contributed by atoms with E-state index in [1.54, 1.807) is 0 Å². The Labute approximate surface area is 131 Å². The summed E-state index contributed by atoms with van der Waals surface area (Å²) in [5.41, 5.74) is 1.06. The Morgan fingerprint density at radius 2 is 2.00 bits per heavy atom. The molecule has 2 nitrogen and oxygen atoms in total. The van der Waals surface area contributed by atoms with E-state index in [2.05, 4.69) is 10.2 Å². The highest BCUT2D eigenvalue weighted by molar-refractivity contribution is 6.35. The van der Waals surface area contributed by atoms with Gasteiger partial charge >= 0.3 is 0 Å². The van der Waals surface area contributed by atoms with Gasteiger partial charge in [0, 0.05) is 28.7 Å². The van der Waals surface area contributed by atoms with Crippen LogP contribution in [0, 0.1) is 5.92 Å². The van der Waals surface area contributed by atoms with Gasteiger partial charge in [0.2, 0.25) is 0 Å². The number of halogens is 3. The Morgan fingerprint density at radius 3 is 2.63 bits per heavy atom. The fourth-order valence-corrected chi connectivity index (χ4v) is 3.17. The summed E-state index contributed by atoms with van der Waals surface area (Å²) in [5.74, 6) is 0.741. The third-order valence-corrected chi connectivity index (χ3v) is 4.25. The molecular weight excluding hydrogens is 303 g/mol. The largest absolute Gasteiger partial charge is 0.319 e. The normalized spacial score (nSPS) is 20.1. The Hall–Kier alpha value is 0.01000. The van der Waals surface area contributed by atoms with Gasteiger partial charge in [-0.3, -0.25) is 4.90 Å². The maximum Gasteiger partial charge on any atom is 0.0465 e. The molecule has 1 saturated heterocycles. The zero-order valence-corrected chi connectivity index (χ0v) is 13.5. The molecule has 108 valence electrons. The molecule has 1 N–H and O–H groups in total. The molecule has 1 fully saturated rings. The summed E-state index contributed by atoms with van der Waals surface area (Å²) in [6, 6.07) is 5.73. The first-order valence-electron chi connectivity index (χ1n) is 6.50. The maximum atomic E-state index is 6.22. The van der Waals surface area contributed by atoms with Crippen LogP contribution in [0.2, 0.25) is 10.0 Å². The fraction of sp³-hybridized carbons (Fsp3) is 0.571. The molecule has 5 heteroatoms. The highest BCUT2D eigenvalue weighted by Crippen LogP contribution is 2.27. The first-order chi connectivity index (χ1) is 8.70. The summed E-state index contributed by atoms with van der Waals surface area (Å²) in [5, 5.41) is 4.82. The van der Waals surface area contributed by atoms with Gasteiger partial charge in [-0.25, -0.2) is 0 Å². The second-order valence-corrected chi connectivity index (χ2v) is 5.82.